The second-order valence-corrected chi connectivity index (χ2v) is 16.1. The number of imidazole rings is 2. The van der Waals surface area contributed by atoms with Crippen LogP contribution in [0.25, 0.3) is 33.6 Å². The molecule has 4 aromatic rings. The lowest BCUT2D eigenvalue weighted by molar-refractivity contribution is -0.135. The van der Waals surface area contributed by atoms with Gasteiger partial charge in [-0.15, -0.1) is 0 Å². The van der Waals surface area contributed by atoms with Gasteiger partial charge in [0.2, 0.25) is 5.91 Å². The quantitative estimate of drug-likeness (QED) is 0.187. The van der Waals surface area contributed by atoms with Crippen molar-refractivity contribution in [2.24, 2.45) is 5.92 Å². The molecule has 2 saturated heterocycles. The molecule has 3 amide bonds. The molecular weight excluding hydrogens is 686 g/mol. The maximum Gasteiger partial charge on any atom is 0.410 e. The van der Waals surface area contributed by atoms with E-state index in [1.54, 1.807) is 0 Å². The van der Waals surface area contributed by atoms with Crippen molar-refractivity contribution in [3.63, 3.8) is 0 Å². The highest BCUT2D eigenvalue weighted by Gasteiger charge is 2.39. The summed E-state index contributed by atoms with van der Waals surface area (Å²) in [7, 11) is 1.30. The smallest absolute Gasteiger partial charge is 0.410 e. The SMILES string of the molecule is COC(=O)N[C@H](C(=O)N1CCC[C@H]1c1ncc(-c2ccc3c(c2)COc2c-3ccc3c2CCc2[nH]c([C@@H]4CCCN4C(=O)OC(C)(C)C)nc2-3)[nH]1)C(C)C. The molecular formula is C41H49N7O6. The Bertz CT molecular complexity index is 2110. The molecule has 1 aliphatic carbocycles. The third-order valence-electron chi connectivity index (χ3n) is 11.1. The minimum atomic E-state index is -0.686. The van der Waals surface area contributed by atoms with E-state index in [9.17, 15) is 14.4 Å². The van der Waals surface area contributed by atoms with Gasteiger partial charge in [-0.05, 0) is 94.0 Å². The number of carbonyl (C=O) groups is 3. The van der Waals surface area contributed by atoms with Gasteiger partial charge in [-0.3, -0.25) is 9.69 Å². The molecule has 8 rings (SSSR count). The Hall–Kier alpha value is -5.33. The van der Waals surface area contributed by atoms with Gasteiger partial charge in [-0.2, -0.15) is 0 Å². The minimum Gasteiger partial charge on any atom is -0.488 e. The molecule has 0 unspecified atom stereocenters. The van der Waals surface area contributed by atoms with Crippen molar-refractivity contribution in [1.82, 2.24) is 35.1 Å². The third-order valence-corrected chi connectivity index (χ3v) is 11.1. The van der Waals surface area contributed by atoms with E-state index < -0.39 is 17.7 Å². The highest BCUT2D eigenvalue weighted by molar-refractivity contribution is 5.87. The maximum atomic E-state index is 13.6. The number of hydrogen-bond acceptors (Lipinski definition) is 8. The second kappa shape index (κ2) is 13.8. The third kappa shape index (κ3) is 6.47. The number of H-pyrrole nitrogens is 2. The largest absolute Gasteiger partial charge is 0.488 e. The molecule has 3 aliphatic heterocycles. The molecule has 0 spiro atoms. The second-order valence-electron chi connectivity index (χ2n) is 16.1. The summed E-state index contributed by atoms with van der Waals surface area (Å²) in [4.78, 5) is 59.2. The van der Waals surface area contributed by atoms with Crippen LogP contribution in [0, 0.1) is 5.92 Å². The fraction of sp³-hybridized carbons (Fsp3) is 0.488. The number of likely N-dealkylation sites (tertiary alicyclic amines) is 2. The van der Waals surface area contributed by atoms with Crippen LogP contribution in [-0.2, 0) is 33.7 Å². The zero-order chi connectivity index (χ0) is 37.9. The summed E-state index contributed by atoms with van der Waals surface area (Å²) in [6, 6.07) is 9.67. The van der Waals surface area contributed by atoms with Gasteiger partial charge >= 0.3 is 12.2 Å². The predicted molar refractivity (Wildman–Crippen MR) is 202 cm³/mol. The number of hydrogen-bond donors (Lipinski definition) is 3. The monoisotopic (exact) mass is 735 g/mol. The molecule has 0 radical (unpaired) electrons. The van der Waals surface area contributed by atoms with Crippen molar-refractivity contribution in [1.29, 1.82) is 0 Å². The summed E-state index contributed by atoms with van der Waals surface area (Å²) >= 11 is 0. The van der Waals surface area contributed by atoms with Crippen LogP contribution >= 0.6 is 0 Å². The first-order chi connectivity index (χ1) is 25.9. The zero-order valence-electron chi connectivity index (χ0n) is 31.9. The van der Waals surface area contributed by atoms with Gasteiger partial charge in [0.15, 0.2) is 0 Å². The number of alkyl carbamates (subject to hydrolysis) is 1. The van der Waals surface area contributed by atoms with Gasteiger partial charge in [0.05, 0.1) is 36.8 Å². The summed E-state index contributed by atoms with van der Waals surface area (Å²) in [6.07, 6.45) is 5.94. The molecule has 13 nitrogen and oxygen atoms in total. The maximum absolute atomic E-state index is 13.6. The topological polar surface area (TPSA) is 155 Å². The van der Waals surface area contributed by atoms with Crippen molar-refractivity contribution in [3.8, 4) is 39.4 Å². The Balaban J connectivity index is 1.02. The van der Waals surface area contributed by atoms with E-state index >= 15 is 0 Å². The fourth-order valence-corrected chi connectivity index (χ4v) is 8.44. The number of aromatic nitrogens is 4. The normalized spacial score (nSPS) is 19.4. The number of ether oxygens (including phenoxy) is 3. The lowest BCUT2D eigenvalue weighted by Gasteiger charge is -2.30. The van der Waals surface area contributed by atoms with Crippen molar-refractivity contribution < 1.29 is 28.6 Å². The van der Waals surface area contributed by atoms with Gasteiger partial charge in [0, 0.05) is 35.5 Å². The van der Waals surface area contributed by atoms with Crippen LogP contribution in [0.15, 0.2) is 36.5 Å². The average Bonchev–Trinajstić information content (AvgIpc) is 3.97. The summed E-state index contributed by atoms with van der Waals surface area (Å²) in [5.74, 6) is 2.22. The van der Waals surface area contributed by atoms with E-state index in [2.05, 4.69) is 45.6 Å². The zero-order valence-corrected chi connectivity index (χ0v) is 31.9. The molecule has 2 aromatic carbocycles. The van der Waals surface area contributed by atoms with Crippen LogP contribution in [0.1, 0.15) is 101 Å². The van der Waals surface area contributed by atoms with Crippen molar-refractivity contribution in [3.05, 3.63) is 65.0 Å². The van der Waals surface area contributed by atoms with E-state index in [1.807, 2.05) is 50.6 Å². The van der Waals surface area contributed by atoms with E-state index in [1.165, 1.54) is 12.7 Å². The lowest BCUT2D eigenvalue weighted by Crippen LogP contribution is -2.51. The molecule has 54 heavy (non-hydrogen) atoms. The highest BCUT2D eigenvalue weighted by Crippen LogP contribution is 2.47. The van der Waals surface area contributed by atoms with Gasteiger partial charge < -0.3 is 34.4 Å². The number of fused-ring (bicyclic) bond motifs is 7. The number of methoxy groups -OCH3 is 1. The minimum absolute atomic E-state index is 0.102. The van der Waals surface area contributed by atoms with Gasteiger partial charge in [-0.25, -0.2) is 19.6 Å². The molecule has 2 aromatic heterocycles. The summed E-state index contributed by atoms with van der Waals surface area (Å²) < 4.78 is 17.0. The molecule has 0 bridgehead atoms. The number of nitrogens with one attached hydrogen (secondary N) is 3. The van der Waals surface area contributed by atoms with E-state index in [0.717, 1.165) is 101 Å². The van der Waals surface area contributed by atoms with Crippen LogP contribution in [0.5, 0.6) is 5.75 Å². The highest BCUT2D eigenvalue weighted by atomic mass is 16.6. The molecule has 5 heterocycles. The molecule has 284 valence electrons. The van der Waals surface area contributed by atoms with Crippen LogP contribution in [0.4, 0.5) is 9.59 Å². The van der Waals surface area contributed by atoms with Gasteiger partial charge in [-0.1, -0.05) is 32.0 Å². The Morgan fingerprint density at radius 3 is 2.41 bits per heavy atom. The number of carbonyl (C=O) groups excluding carboxylic acids is 3. The predicted octanol–water partition coefficient (Wildman–Crippen LogP) is 7.24. The van der Waals surface area contributed by atoms with Crippen molar-refractivity contribution >= 4 is 18.1 Å². The first kappa shape index (κ1) is 35.7. The molecule has 13 heteroatoms. The molecule has 4 aliphatic rings. The summed E-state index contributed by atoms with van der Waals surface area (Å²) in [6.45, 7) is 11.2. The van der Waals surface area contributed by atoms with Crippen LogP contribution in [0.2, 0.25) is 0 Å². The van der Waals surface area contributed by atoms with E-state index in [-0.39, 0.29) is 30.0 Å². The summed E-state index contributed by atoms with van der Waals surface area (Å²) in [5, 5.41) is 2.71. The Labute approximate surface area is 315 Å². The van der Waals surface area contributed by atoms with Gasteiger partial charge in [0.1, 0.15) is 35.6 Å². The number of amides is 3. The number of aryl methyl sites for hydroxylation is 1. The fourth-order valence-electron chi connectivity index (χ4n) is 8.44. The number of benzene rings is 2. The number of aromatic amines is 2. The van der Waals surface area contributed by atoms with Crippen LogP contribution in [0.3, 0.4) is 0 Å². The van der Waals surface area contributed by atoms with Gasteiger partial charge in [0.25, 0.3) is 0 Å². The first-order valence-corrected chi connectivity index (χ1v) is 19.1. The summed E-state index contributed by atoms with van der Waals surface area (Å²) in [5.41, 5.74) is 8.86. The Morgan fingerprint density at radius 2 is 1.67 bits per heavy atom. The Morgan fingerprint density at radius 1 is 0.944 bits per heavy atom. The average molecular weight is 736 g/mol. The standard InChI is InChI=1S/C41H49N7O6/c1-22(2)33(46-39(50)52-6)38(49)47-17-7-9-31(47)36-42-20-30(44-36)23-11-12-25-24(19-23)21-53-35-27(25)14-13-26-28(35)15-16-29-34(26)45-37(43-29)32-10-8-18-48(32)40(51)54-41(3,4)5/h11-14,19-20,22,31-33H,7-10,15-18,21H2,1-6H3,(H,42,44)(H,43,45)(H,46,50)/t31-,32-,33-/m0/s1. The lowest BCUT2D eigenvalue weighted by atomic mass is 9.86. The Kier molecular flexibility index (Phi) is 9.13. The molecule has 3 N–H and O–H groups in total. The molecule has 3 atom stereocenters. The van der Waals surface area contributed by atoms with Crippen molar-refractivity contribution in [2.45, 2.75) is 103 Å². The van der Waals surface area contributed by atoms with E-state index in [4.69, 9.17) is 24.2 Å². The van der Waals surface area contributed by atoms with Crippen LogP contribution in [-0.4, -0.2) is 79.7 Å². The van der Waals surface area contributed by atoms with E-state index in [0.29, 0.717) is 19.7 Å². The molecule has 2 fully saturated rings. The number of rotatable bonds is 6. The molecule has 0 saturated carbocycles. The van der Waals surface area contributed by atoms with Crippen molar-refractivity contribution in [2.75, 3.05) is 20.2 Å². The van der Waals surface area contributed by atoms with Crippen LogP contribution < -0.4 is 10.1 Å². The first-order valence-electron chi connectivity index (χ1n) is 19.1. The number of nitrogens with zero attached hydrogens (tertiary/aromatic N) is 4.